The van der Waals surface area contributed by atoms with Gasteiger partial charge in [-0.15, -0.1) is 0 Å². The second-order valence-electron chi connectivity index (χ2n) is 4.12. The molecule has 1 atom stereocenters. The largest absolute Gasteiger partial charge is 0.323 e. The topological polar surface area (TPSA) is 29.9 Å². The molecular formula is C18H29N3S. The second-order valence-corrected chi connectivity index (χ2v) is 4.72. The number of rotatable bonds is 5. The third-order valence-electron chi connectivity index (χ3n) is 2.80. The van der Waals surface area contributed by atoms with Crippen molar-refractivity contribution in [3.63, 3.8) is 0 Å². The molecule has 0 spiro atoms. The number of aromatic nitrogens is 2. The molecule has 0 amide bonds. The summed E-state index contributed by atoms with van der Waals surface area (Å²) >= 11 is 4.50. The first-order chi connectivity index (χ1) is 10.7. The van der Waals surface area contributed by atoms with Gasteiger partial charge in [-0.3, -0.25) is 0 Å². The molecule has 1 N–H and O–H groups in total. The van der Waals surface area contributed by atoms with E-state index in [1.165, 1.54) is 5.57 Å². The summed E-state index contributed by atoms with van der Waals surface area (Å²) in [6.07, 6.45) is 8.86. The lowest BCUT2D eigenvalue weighted by Gasteiger charge is -2.10. The number of thiol groups is 1. The zero-order chi connectivity index (χ0) is 17.0. The fourth-order valence-electron chi connectivity index (χ4n) is 1.70. The minimum atomic E-state index is 0.0927. The molecule has 1 aliphatic carbocycles. The first-order valence-electron chi connectivity index (χ1n) is 8.04. The molecule has 0 aliphatic heterocycles. The van der Waals surface area contributed by atoms with Gasteiger partial charge in [0.05, 0.1) is 23.0 Å². The van der Waals surface area contributed by atoms with E-state index < -0.39 is 0 Å². The van der Waals surface area contributed by atoms with Crippen LogP contribution in [0.3, 0.4) is 0 Å². The molecule has 2 rings (SSSR count). The highest BCUT2D eigenvalue weighted by Gasteiger charge is 2.08. The highest BCUT2D eigenvalue weighted by molar-refractivity contribution is 7.80. The van der Waals surface area contributed by atoms with Crippen LogP contribution in [0.5, 0.6) is 0 Å². The Bertz CT molecular complexity index is 557. The quantitative estimate of drug-likeness (QED) is 0.612. The Balaban J connectivity index is 0.00000102. The number of allylic oxidation sites excluding steroid dienone is 4. The normalized spacial score (nSPS) is 13.2. The van der Waals surface area contributed by atoms with Crippen molar-refractivity contribution in [2.75, 3.05) is 13.6 Å². The monoisotopic (exact) mass is 319 g/mol. The van der Waals surface area contributed by atoms with E-state index >= 15 is 0 Å². The third-order valence-corrected chi connectivity index (χ3v) is 3.25. The van der Waals surface area contributed by atoms with Crippen LogP contribution in [0, 0.1) is 0 Å². The number of hydrogen-bond acceptors (Lipinski definition) is 3. The predicted octanol–water partition coefficient (Wildman–Crippen LogP) is 4.63. The van der Waals surface area contributed by atoms with Gasteiger partial charge in [0.2, 0.25) is 0 Å². The molecule has 22 heavy (non-hydrogen) atoms. The second kappa shape index (κ2) is 12.1. The van der Waals surface area contributed by atoms with Crippen molar-refractivity contribution in [1.29, 1.82) is 0 Å². The summed E-state index contributed by atoms with van der Waals surface area (Å²) in [6, 6.07) is 0. The number of likely N-dealkylation sites (N-methyl/N-ethyl adjacent to an activating group) is 1. The minimum absolute atomic E-state index is 0.0927. The standard InChI is InChI=1S/C14H17N3S.2C2H6/c1-3-11-4-6-12(7-5-11)13-9-17(10-16-13)14(18)8-15-2;2*1-2/h4,6,9-10,14-15,18H,3,8H2,1-2H3;2*1-2H3. The highest BCUT2D eigenvalue weighted by Crippen LogP contribution is 2.19. The molecule has 3 nitrogen and oxygen atoms in total. The molecule has 0 saturated carbocycles. The summed E-state index contributed by atoms with van der Waals surface area (Å²) < 4.78 is 1.98. The molecule has 1 aromatic rings. The van der Waals surface area contributed by atoms with Crippen LogP contribution < -0.4 is 5.32 Å². The molecule has 1 heterocycles. The predicted molar refractivity (Wildman–Crippen MR) is 100 cm³/mol. The van der Waals surface area contributed by atoms with Crippen molar-refractivity contribution in [3.8, 4) is 0 Å². The Labute approximate surface area is 140 Å². The number of imidazole rings is 1. The van der Waals surface area contributed by atoms with Crippen LogP contribution in [-0.2, 0) is 0 Å². The van der Waals surface area contributed by atoms with E-state index in [-0.39, 0.29) is 5.37 Å². The fourth-order valence-corrected chi connectivity index (χ4v) is 2.01. The molecule has 0 radical (unpaired) electrons. The minimum Gasteiger partial charge on any atom is -0.323 e. The van der Waals surface area contributed by atoms with Crippen molar-refractivity contribution in [3.05, 3.63) is 47.4 Å². The SMILES string of the molecule is CC.CC.CCC1=C=C=C(c2cn(C(S)CNC)cn2)C=C1. The van der Waals surface area contributed by atoms with E-state index in [2.05, 4.69) is 47.4 Å². The molecular weight excluding hydrogens is 290 g/mol. The maximum atomic E-state index is 4.50. The molecule has 1 aliphatic rings. The molecule has 1 aromatic heterocycles. The number of hydrogen-bond donors (Lipinski definition) is 2. The maximum absolute atomic E-state index is 4.50. The summed E-state index contributed by atoms with van der Waals surface area (Å²) in [5, 5.41) is 3.18. The summed E-state index contributed by atoms with van der Waals surface area (Å²) in [4.78, 5) is 4.38. The van der Waals surface area contributed by atoms with E-state index in [0.717, 1.165) is 24.2 Å². The molecule has 122 valence electrons. The average Bonchev–Trinajstić information content (AvgIpc) is 3.09. The zero-order valence-electron chi connectivity index (χ0n) is 14.6. The van der Waals surface area contributed by atoms with Crippen LogP contribution in [0.1, 0.15) is 52.1 Å². The van der Waals surface area contributed by atoms with Crippen molar-refractivity contribution >= 4 is 18.2 Å². The van der Waals surface area contributed by atoms with Crippen molar-refractivity contribution in [1.82, 2.24) is 14.9 Å². The third kappa shape index (κ3) is 6.13. The van der Waals surface area contributed by atoms with E-state index in [0.29, 0.717) is 0 Å². The summed E-state index contributed by atoms with van der Waals surface area (Å²) in [5.41, 5.74) is 9.33. The summed E-state index contributed by atoms with van der Waals surface area (Å²) in [6.45, 7) is 10.9. The Kier molecular flexibility index (Phi) is 11.3. The van der Waals surface area contributed by atoms with Gasteiger partial charge in [-0.1, -0.05) is 46.1 Å². The molecule has 0 aromatic carbocycles. The van der Waals surface area contributed by atoms with E-state index in [4.69, 9.17) is 0 Å². The van der Waals surface area contributed by atoms with Crippen LogP contribution in [0.15, 0.2) is 41.7 Å². The van der Waals surface area contributed by atoms with Gasteiger partial charge in [-0.2, -0.15) is 12.6 Å². The molecule has 4 heteroatoms. The summed E-state index contributed by atoms with van der Waals surface area (Å²) in [7, 11) is 1.91. The molecule has 0 saturated heterocycles. The van der Waals surface area contributed by atoms with Gasteiger partial charge in [0.25, 0.3) is 0 Å². The smallest absolute Gasteiger partial charge is 0.0966 e. The lowest BCUT2D eigenvalue weighted by atomic mass is 10.1. The summed E-state index contributed by atoms with van der Waals surface area (Å²) in [5.74, 6) is 0. The number of nitrogens with zero attached hydrogens (tertiary/aromatic N) is 2. The van der Waals surface area contributed by atoms with Crippen molar-refractivity contribution < 1.29 is 0 Å². The van der Waals surface area contributed by atoms with Gasteiger partial charge >= 0.3 is 0 Å². The van der Waals surface area contributed by atoms with Gasteiger partial charge < -0.3 is 9.88 Å². The molecule has 0 fully saturated rings. The Morgan fingerprint density at radius 1 is 1.23 bits per heavy atom. The highest BCUT2D eigenvalue weighted by atomic mass is 32.1. The van der Waals surface area contributed by atoms with Crippen LogP contribution in [0.2, 0.25) is 0 Å². The van der Waals surface area contributed by atoms with Crippen LogP contribution >= 0.6 is 12.6 Å². The van der Waals surface area contributed by atoms with Gasteiger partial charge in [0, 0.05) is 18.3 Å². The van der Waals surface area contributed by atoms with Crippen molar-refractivity contribution in [2.24, 2.45) is 0 Å². The van der Waals surface area contributed by atoms with Crippen LogP contribution in [0.25, 0.3) is 5.57 Å². The lowest BCUT2D eigenvalue weighted by Crippen LogP contribution is -2.17. The van der Waals surface area contributed by atoms with Gasteiger partial charge in [0.1, 0.15) is 0 Å². The molecule has 0 bridgehead atoms. The Morgan fingerprint density at radius 3 is 2.41 bits per heavy atom. The van der Waals surface area contributed by atoms with Gasteiger partial charge in [0.15, 0.2) is 0 Å². The maximum Gasteiger partial charge on any atom is 0.0966 e. The Hall–Kier alpha value is -1.44. The number of nitrogens with one attached hydrogen (secondary N) is 1. The van der Waals surface area contributed by atoms with Crippen LogP contribution in [-0.4, -0.2) is 23.1 Å². The van der Waals surface area contributed by atoms with E-state index in [1.54, 1.807) is 6.33 Å². The first kappa shape index (κ1) is 20.6. The Morgan fingerprint density at radius 2 is 1.91 bits per heavy atom. The zero-order valence-corrected chi connectivity index (χ0v) is 15.5. The lowest BCUT2D eigenvalue weighted by molar-refractivity contribution is 0.631. The molecule has 1 unspecified atom stereocenters. The van der Waals surface area contributed by atoms with Gasteiger partial charge in [-0.25, -0.2) is 4.98 Å². The van der Waals surface area contributed by atoms with E-state index in [1.807, 2.05) is 51.6 Å². The van der Waals surface area contributed by atoms with Gasteiger partial charge in [-0.05, 0) is 25.6 Å². The van der Waals surface area contributed by atoms with Crippen molar-refractivity contribution in [2.45, 2.75) is 46.4 Å². The average molecular weight is 320 g/mol. The van der Waals surface area contributed by atoms with E-state index in [9.17, 15) is 0 Å². The first-order valence-corrected chi connectivity index (χ1v) is 8.55. The van der Waals surface area contributed by atoms with Crippen LogP contribution in [0.4, 0.5) is 0 Å². The fraction of sp³-hybridized carbons (Fsp3) is 0.500.